The van der Waals surface area contributed by atoms with Crippen molar-refractivity contribution in [2.75, 3.05) is 18.0 Å². The van der Waals surface area contributed by atoms with Crippen molar-refractivity contribution < 1.29 is 4.92 Å². The number of pyridine rings is 1. The molecular formula is C12H15BrN4O2. The van der Waals surface area contributed by atoms with Crippen LogP contribution in [0.1, 0.15) is 20.3 Å². The minimum Gasteiger partial charge on any atom is -0.354 e. The van der Waals surface area contributed by atoms with Crippen LogP contribution >= 0.6 is 15.9 Å². The third-order valence-electron chi connectivity index (χ3n) is 2.40. The van der Waals surface area contributed by atoms with Gasteiger partial charge in [0.05, 0.1) is 21.9 Å². The van der Waals surface area contributed by atoms with Crippen molar-refractivity contribution >= 4 is 27.4 Å². The maximum Gasteiger partial charge on any atom is 0.288 e. The summed E-state index contributed by atoms with van der Waals surface area (Å²) in [6.45, 7) is 5.43. The highest BCUT2D eigenvalue weighted by Gasteiger charge is 2.16. The van der Waals surface area contributed by atoms with Gasteiger partial charge in [0.15, 0.2) is 0 Å². The fraction of sp³-hybridized carbons (Fsp3) is 0.500. The molecule has 19 heavy (non-hydrogen) atoms. The molecular weight excluding hydrogens is 312 g/mol. The molecule has 0 radical (unpaired) electrons. The molecule has 6 nitrogen and oxygen atoms in total. The second-order valence-electron chi connectivity index (χ2n) is 4.50. The topological polar surface area (TPSA) is 83.1 Å². The Morgan fingerprint density at radius 2 is 2.32 bits per heavy atom. The molecule has 0 aliphatic heterocycles. The van der Waals surface area contributed by atoms with E-state index in [9.17, 15) is 10.1 Å². The number of hydrogen-bond donors (Lipinski definition) is 0. The monoisotopic (exact) mass is 326 g/mol. The first-order valence-corrected chi connectivity index (χ1v) is 6.66. The molecule has 1 heterocycles. The minimum absolute atomic E-state index is 0.0552. The minimum atomic E-state index is -0.483. The van der Waals surface area contributed by atoms with Gasteiger partial charge in [-0.3, -0.25) is 10.1 Å². The van der Waals surface area contributed by atoms with E-state index in [0.717, 1.165) is 6.54 Å². The highest BCUT2D eigenvalue weighted by Crippen LogP contribution is 2.28. The number of nitriles is 1. The normalized spacial score (nSPS) is 10.3. The molecule has 0 fully saturated rings. The van der Waals surface area contributed by atoms with Crippen LogP contribution in [0.2, 0.25) is 0 Å². The molecule has 0 unspecified atom stereocenters. The average molecular weight is 327 g/mol. The van der Waals surface area contributed by atoms with E-state index in [1.54, 1.807) is 0 Å². The van der Waals surface area contributed by atoms with Gasteiger partial charge >= 0.3 is 0 Å². The molecule has 0 atom stereocenters. The molecule has 0 spiro atoms. The lowest BCUT2D eigenvalue weighted by Gasteiger charge is -2.25. The lowest BCUT2D eigenvalue weighted by Crippen LogP contribution is -2.29. The van der Waals surface area contributed by atoms with E-state index < -0.39 is 4.92 Å². The smallest absolute Gasteiger partial charge is 0.288 e. The van der Waals surface area contributed by atoms with E-state index >= 15 is 0 Å². The van der Waals surface area contributed by atoms with E-state index in [-0.39, 0.29) is 5.69 Å². The second kappa shape index (κ2) is 7.04. The zero-order chi connectivity index (χ0) is 14.4. The van der Waals surface area contributed by atoms with E-state index in [0.29, 0.717) is 29.2 Å². The molecule has 0 saturated carbocycles. The Labute approximate surface area is 120 Å². The summed E-state index contributed by atoms with van der Waals surface area (Å²) in [6.07, 6.45) is 1.62. The van der Waals surface area contributed by atoms with Gasteiger partial charge in [0.25, 0.3) is 5.69 Å². The van der Waals surface area contributed by atoms with Crippen molar-refractivity contribution in [3.63, 3.8) is 0 Å². The molecule has 0 saturated heterocycles. The number of halogens is 1. The van der Waals surface area contributed by atoms with Crippen molar-refractivity contribution in [2.24, 2.45) is 5.92 Å². The van der Waals surface area contributed by atoms with Crippen molar-refractivity contribution in [1.29, 1.82) is 5.26 Å². The van der Waals surface area contributed by atoms with Crippen molar-refractivity contribution in [3.8, 4) is 6.07 Å². The summed E-state index contributed by atoms with van der Waals surface area (Å²) in [4.78, 5) is 16.3. The van der Waals surface area contributed by atoms with Gasteiger partial charge in [-0.15, -0.1) is 0 Å². The van der Waals surface area contributed by atoms with Gasteiger partial charge in [-0.2, -0.15) is 5.26 Å². The van der Waals surface area contributed by atoms with Crippen molar-refractivity contribution in [3.05, 3.63) is 26.9 Å². The SMILES string of the molecule is CC(C)CN(CCC#N)c1ncc([N+](=O)[O-])cc1Br. The van der Waals surface area contributed by atoms with E-state index in [1.807, 2.05) is 4.90 Å². The Morgan fingerprint density at radius 3 is 2.79 bits per heavy atom. The Hall–Kier alpha value is -1.68. The fourth-order valence-corrected chi connectivity index (χ4v) is 2.25. The highest BCUT2D eigenvalue weighted by atomic mass is 79.9. The molecule has 0 amide bonds. The predicted molar refractivity (Wildman–Crippen MR) is 75.9 cm³/mol. The maximum atomic E-state index is 10.7. The Balaban J connectivity index is 3.01. The van der Waals surface area contributed by atoms with Crippen LogP contribution in [0.3, 0.4) is 0 Å². The lowest BCUT2D eigenvalue weighted by molar-refractivity contribution is -0.385. The molecule has 0 bridgehead atoms. The van der Waals surface area contributed by atoms with Gasteiger partial charge in [0.2, 0.25) is 0 Å². The quantitative estimate of drug-likeness (QED) is 0.592. The molecule has 7 heteroatoms. The van der Waals surface area contributed by atoms with E-state index in [1.165, 1.54) is 12.3 Å². The van der Waals surface area contributed by atoms with Crippen LogP contribution in [-0.2, 0) is 0 Å². The van der Waals surface area contributed by atoms with Gasteiger partial charge in [-0.25, -0.2) is 4.98 Å². The molecule has 0 aliphatic carbocycles. The van der Waals surface area contributed by atoms with Gasteiger partial charge in [-0.05, 0) is 21.8 Å². The van der Waals surface area contributed by atoms with Crippen molar-refractivity contribution in [1.82, 2.24) is 4.98 Å². The third kappa shape index (κ3) is 4.48. The number of aromatic nitrogens is 1. The number of nitrogens with zero attached hydrogens (tertiary/aromatic N) is 4. The first-order chi connectivity index (χ1) is 8.95. The summed E-state index contributed by atoms with van der Waals surface area (Å²) in [6, 6.07) is 3.53. The number of hydrogen-bond acceptors (Lipinski definition) is 5. The van der Waals surface area contributed by atoms with Crippen molar-refractivity contribution in [2.45, 2.75) is 20.3 Å². The number of nitro groups is 1. The maximum absolute atomic E-state index is 10.7. The largest absolute Gasteiger partial charge is 0.354 e. The van der Waals surface area contributed by atoms with Crippen LogP contribution in [0.4, 0.5) is 11.5 Å². The van der Waals surface area contributed by atoms with Gasteiger partial charge in [0.1, 0.15) is 12.0 Å². The van der Waals surface area contributed by atoms with Crippen LogP contribution in [0.5, 0.6) is 0 Å². The fourth-order valence-electron chi connectivity index (χ4n) is 1.66. The molecule has 1 rings (SSSR count). The molecule has 0 N–H and O–H groups in total. The van der Waals surface area contributed by atoms with E-state index in [2.05, 4.69) is 40.8 Å². The average Bonchev–Trinajstić information content (AvgIpc) is 2.34. The third-order valence-corrected chi connectivity index (χ3v) is 2.98. The first kappa shape index (κ1) is 15.4. The summed E-state index contributed by atoms with van der Waals surface area (Å²) in [5, 5.41) is 19.4. The lowest BCUT2D eigenvalue weighted by atomic mass is 10.2. The molecule has 1 aromatic rings. The Morgan fingerprint density at radius 1 is 1.63 bits per heavy atom. The molecule has 1 aromatic heterocycles. The number of anilines is 1. The standard InChI is InChI=1S/C12H15BrN4O2/c1-9(2)8-16(5-3-4-14)12-11(13)6-10(7-15-12)17(18)19/h6-7,9H,3,5,8H2,1-2H3. The van der Waals surface area contributed by atoms with Gasteiger partial charge in [-0.1, -0.05) is 13.8 Å². The first-order valence-electron chi connectivity index (χ1n) is 5.87. The second-order valence-corrected chi connectivity index (χ2v) is 5.36. The Bertz CT molecular complexity index is 499. The summed E-state index contributed by atoms with van der Waals surface area (Å²) in [5.74, 6) is 1.04. The molecule has 0 aromatic carbocycles. The van der Waals surface area contributed by atoms with Crippen LogP contribution in [0.25, 0.3) is 0 Å². The zero-order valence-corrected chi connectivity index (χ0v) is 12.4. The van der Waals surface area contributed by atoms with Crippen LogP contribution < -0.4 is 4.90 Å². The number of rotatable bonds is 6. The van der Waals surface area contributed by atoms with Gasteiger partial charge in [0, 0.05) is 19.2 Å². The van der Waals surface area contributed by atoms with Gasteiger partial charge < -0.3 is 4.90 Å². The summed E-state index contributed by atoms with van der Waals surface area (Å²) < 4.78 is 0.570. The Kier molecular flexibility index (Phi) is 5.70. The zero-order valence-electron chi connectivity index (χ0n) is 10.8. The summed E-state index contributed by atoms with van der Waals surface area (Å²) in [5.41, 5.74) is -0.0552. The van der Waals surface area contributed by atoms with E-state index in [4.69, 9.17) is 5.26 Å². The molecule has 102 valence electrons. The van der Waals surface area contributed by atoms with Crippen LogP contribution in [0, 0.1) is 27.4 Å². The van der Waals surface area contributed by atoms with Crippen LogP contribution in [-0.4, -0.2) is 23.0 Å². The molecule has 0 aliphatic rings. The summed E-state index contributed by atoms with van der Waals surface area (Å²) in [7, 11) is 0. The van der Waals surface area contributed by atoms with Crippen LogP contribution in [0.15, 0.2) is 16.7 Å². The highest BCUT2D eigenvalue weighted by molar-refractivity contribution is 9.10. The predicted octanol–water partition coefficient (Wildman–Crippen LogP) is 3.13. The summed E-state index contributed by atoms with van der Waals surface area (Å²) >= 11 is 3.31.